The second-order valence-electron chi connectivity index (χ2n) is 4.66. The Hall–Kier alpha value is -2.50. The SMILES string of the molecule is CCOC(=O)c1cc(-c2c(C)noc2C)cc(N)c1NC. The van der Waals surface area contributed by atoms with E-state index in [9.17, 15) is 4.79 Å². The van der Waals surface area contributed by atoms with E-state index < -0.39 is 5.97 Å². The van der Waals surface area contributed by atoms with Crippen LogP contribution in [-0.2, 0) is 4.74 Å². The van der Waals surface area contributed by atoms with E-state index in [0.29, 0.717) is 29.3 Å². The lowest BCUT2D eigenvalue weighted by molar-refractivity contribution is 0.0527. The van der Waals surface area contributed by atoms with Gasteiger partial charge in [0.25, 0.3) is 0 Å². The molecule has 0 radical (unpaired) electrons. The van der Waals surface area contributed by atoms with Crippen molar-refractivity contribution in [2.45, 2.75) is 20.8 Å². The van der Waals surface area contributed by atoms with Crippen molar-refractivity contribution >= 4 is 17.3 Å². The first-order chi connectivity index (χ1) is 9.99. The molecule has 0 unspecified atom stereocenters. The second-order valence-corrected chi connectivity index (χ2v) is 4.66. The van der Waals surface area contributed by atoms with Gasteiger partial charge in [-0.25, -0.2) is 4.79 Å². The molecule has 112 valence electrons. The Morgan fingerprint density at radius 3 is 2.67 bits per heavy atom. The highest BCUT2D eigenvalue weighted by atomic mass is 16.5. The standard InChI is InChI=1S/C15H19N3O3/c1-5-20-15(19)11-6-10(7-12(16)14(11)17-4)13-8(2)18-21-9(13)3/h6-7,17H,5,16H2,1-4H3. The average Bonchev–Trinajstić information content (AvgIpc) is 2.77. The summed E-state index contributed by atoms with van der Waals surface area (Å²) in [5.41, 5.74) is 9.85. The van der Waals surface area contributed by atoms with Crippen LogP contribution >= 0.6 is 0 Å². The number of aromatic nitrogens is 1. The van der Waals surface area contributed by atoms with Gasteiger partial charge in [-0.05, 0) is 38.5 Å². The quantitative estimate of drug-likeness (QED) is 0.664. The van der Waals surface area contributed by atoms with E-state index in [2.05, 4.69) is 10.5 Å². The fourth-order valence-electron chi connectivity index (χ4n) is 2.35. The third-order valence-corrected chi connectivity index (χ3v) is 3.24. The normalized spacial score (nSPS) is 10.5. The summed E-state index contributed by atoms with van der Waals surface area (Å²) in [7, 11) is 1.71. The number of nitrogens with one attached hydrogen (secondary N) is 1. The Morgan fingerprint density at radius 2 is 2.14 bits per heavy atom. The predicted molar refractivity (Wildman–Crippen MR) is 81.3 cm³/mol. The van der Waals surface area contributed by atoms with Gasteiger partial charge in [-0.3, -0.25) is 0 Å². The van der Waals surface area contributed by atoms with Gasteiger partial charge >= 0.3 is 5.97 Å². The molecule has 2 rings (SSSR count). The summed E-state index contributed by atoms with van der Waals surface area (Å²) in [6.45, 7) is 5.73. The fraction of sp³-hybridized carbons (Fsp3) is 0.333. The van der Waals surface area contributed by atoms with Gasteiger partial charge in [0.1, 0.15) is 5.76 Å². The van der Waals surface area contributed by atoms with Crippen molar-refractivity contribution in [2.24, 2.45) is 0 Å². The molecule has 0 bridgehead atoms. The maximum Gasteiger partial charge on any atom is 0.340 e. The van der Waals surface area contributed by atoms with E-state index in [4.69, 9.17) is 15.0 Å². The molecule has 0 saturated heterocycles. The Kier molecular flexibility index (Phi) is 4.16. The molecule has 6 heteroatoms. The van der Waals surface area contributed by atoms with Crippen molar-refractivity contribution in [3.8, 4) is 11.1 Å². The van der Waals surface area contributed by atoms with E-state index in [1.807, 2.05) is 13.8 Å². The maximum atomic E-state index is 12.1. The Labute approximate surface area is 123 Å². The highest BCUT2D eigenvalue weighted by Gasteiger charge is 2.19. The molecule has 0 spiro atoms. The first-order valence-corrected chi connectivity index (χ1v) is 6.71. The topological polar surface area (TPSA) is 90.4 Å². The van der Waals surface area contributed by atoms with Crippen LogP contribution < -0.4 is 11.1 Å². The molecule has 1 aromatic carbocycles. The molecule has 3 N–H and O–H groups in total. The molecule has 0 amide bonds. The van der Waals surface area contributed by atoms with Crippen LogP contribution in [-0.4, -0.2) is 24.8 Å². The highest BCUT2D eigenvalue weighted by Crippen LogP contribution is 2.34. The molecule has 2 aromatic rings. The minimum atomic E-state index is -0.415. The van der Waals surface area contributed by atoms with Crippen molar-refractivity contribution in [3.63, 3.8) is 0 Å². The number of carbonyl (C=O) groups is 1. The number of benzene rings is 1. The van der Waals surface area contributed by atoms with E-state index in [1.165, 1.54) is 0 Å². The molecular weight excluding hydrogens is 270 g/mol. The lowest BCUT2D eigenvalue weighted by atomic mass is 9.99. The fourth-order valence-corrected chi connectivity index (χ4v) is 2.35. The summed E-state index contributed by atoms with van der Waals surface area (Å²) in [4.78, 5) is 12.1. The molecule has 0 aliphatic carbocycles. The van der Waals surface area contributed by atoms with Gasteiger partial charge in [-0.15, -0.1) is 0 Å². The first kappa shape index (κ1) is 14.9. The molecule has 0 saturated carbocycles. The molecule has 0 atom stereocenters. The summed E-state index contributed by atoms with van der Waals surface area (Å²) < 4.78 is 10.3. The molecule has 6 nitrogen and oxygen atoms in total. The zero-order chi connectivity index (χ0) is 15.6. The Morgan fingerprint density at radius 1 is 1.43 bits per heavy atom. The number of carbonyl (C=O) groups excluding carboxylic acids is 1. The molecule has 0 aliphatic heterocycles. The Bertz CT molecular complexity index is 658. The van der Waals surface area contributed by atoms with Gasteiger partial charge in [0.05, 0.1) is 29.2 Å². The summed E-state index contributed by atoms with van der Waals surface area (Å²) in [5, 5.41) is 6.87. The number of nitrogen functional groups attached to an aromatic ring is 1. The van der Waals surface area contributed by atoms with Crippen LogP contribution in [0, 0.1) is 13.8 Å². The van der Waals surface area contributed by atoms with Crippen molar-refractivity contribution in [3.05, 3.63) is 29.2 Å². The number of hydrogen-bond acceptors (Lipinski definition) is 6. The summed E-state index contributed by atoms with van der Waals surface area (Å²) in [6, 6.07) is 3.54. The summed E-state index contributed by atoms with van der Waals surface area (Å²) >= 11 is 0. The molecule has 0 aliphatic rings. The highest BCUT2D eigenvalue weighted by molar-refractivity contribution is 6.01. The molecule has 0 fully saturated rings. The number of nitrogens with two attached hydrogens (primary N) is 1. The van der Waals surface area contributed by atoms with Crippen LogP contribution in [0.3, 0.4) is 0 Å². The molecule has 1 aromatic heterocycles. The predicted octanol–water partition coefficient (Wildman–Crippen LogP) is 2.76. The Balaban J connectivity index is 2.63. The number of hydrogen-bond donors (Lipinski definition) is 2. The van der Waals surface area contributed by atoms with Gasteiger partial charge in [0, 0.05) is 12.6 Å². The average molecular weight is 289 g/mol. The molecular formula is C15H19N3O3. The largest absolute Gasteiger partial charge is 0.462 e. The lowest BCUT2D eigenvalue weighted by Crippen LogP contribution is -2.10. The summed E-state index contributed by atoms with van der Waals surface area (Å²) in [6.07, 6.45) is 0. The number of esters is 1. The number of rotatable bonds is 4. The summed E-state index contributed by atoms with van der Waals surface area (Å²) in [5.74, 6) is 0.265. The van der Waals surface area contributed by atoms with Crippen LogP contribution in [0.5, 0.6) is 0 Å². The van der Waals surface area contributed by atoms with E-state index in [1.54, 1.807) is 26.1 Å². The van der Waals surface area contributed by atoms with Gasteiger partial charge < -0.3 is 20.3 Å². The van der Waals surface area contributed by atoms with Crippen LogP contribution in [0.25, 0.3) is 11.1 Å². The van der Waals surface area contributed by atoms with Gasteiger partial charge in [0.15, 0.2) is 0 Å². The van der Waals surface area contributed by atoms with E-state index in [-0.39, 0.29) is 0 Å². The maximum absolute atomic E-state index is 12.1. The van der Waals surface area contributed by atoms with Crippen molar-refractivity contribution < 1.29 is 14.1 Å². The lowest BCUT2D eigenvalue weighted by Gasteiger charge is -2.13. The van der Waals surface area contributed by atoms with E-state index in [0.717, 1.165) is 16.8 Å². The number of ether oxygens (including phenoxy) is 1. The number of nitrogens with zero attached hydrogens (tertiary/aromatic N) is 1. The van der Waals surface area contributed by atoms with Gasteiger partial charge in [-0.1, -0.05) is 5.16 Å². The number of anilines is 2. The third kappa shape index (κ3) is 2.69. The monoisotopic (exact) mass is 289 g/mol. The smallest absolute Gasteiger partial charge is 0.340 e. The molecule has 1 heterocycles. The van der Waals surface area contributed by atoms with Crippen LogP contribution in [0.2, 0.25) is 0 Å². The number of aryl methyl sites for hydroxylation is 2. The van der Waals surface area contributed by atoms with Crippen molar-refractivity contribution in [1.29, 1.82) is 0 Å². The van der Waals surface area contributed by atoms with Crippen molar-refractivity contribution in [2.75, 3.05) is 24.7 Å². The zero-order valence-electron chi connectivity index (χ0n) is 12.6. The second kappa shape index (κ2) is 5.87. The first-order valence-electron chi connectivity index (χ1n) is 6.71. The van der Waals surface area contributed by atoms with Crippen LogP contribution in [0.15, 0.2) is 16.7 Å². The van der Waals surface area contributed by atoms with E-state index >= 15 is 0 Å². The third-order valence-electron chi connectivity index (χ3n) is 3.24. The minimum Gasteiger partial charge on any atom is -0.462 e. The van der Waals surface area contributed by atoms with Gasteiger partial charge in [-0.2, -0.15) is 0 Å². The minimum absolute atomic E-state index is 0.303. The zero-order valence-corrected chi connectivity index (χ0v) is 12.6. The van der Waals surface area contributed by atoms with Crippen LogP contribution in [0.4, 0.5) is 11.4 Å². The molecule has 21 heavy (non-hydrogen) atoms. The van der Waals surface area contributed by atoms with Crippen molar-refractivity contribution in [1.82, 2.24) is 5.16 Å². The van der Waals surface area contributed by atoms with Gasteiger partial charge in [0.2, 0.25) is 0 Å². The van der Waals surface area contributed by atoms with Crippen LogP contribution in [0.1, 0.15) is 28.7 Å².